The van der Waals surface area contributed by atoms with Crippen LogP contribution in [0.25, 0.3) is 0 Å². The van der Waals surface area contributed by atoms with Crippen molar-refractivity contribution >= 4 is 29.2 Å². The van der Waals surface area contributed by atoms with Gasteiger partial charge in [0.25, 0.3) is 0 Å². The first-order valence-electron chi connectivity index (χ1n) is 8.12. The molecule has 3 N–H and O–H groups in total. The SMILES string of the molecule is CCCOc1ccc(/C=N/NC(=S)Nc2ccc(C)cc2C)c(O)c1. The lowest BCUT2D eigenvalue weighted by molar-refractivity contribution is 0.315. The molecule has 2 rings (SSSR count). The number of aromatic hydroxyl groups is 1. The van der Waals surface area contributed by atoms with Gasteiger partial charge in [-0.15, -0.1) is 0 Å². The fourth-order valence-corrected chi connectivity index (χ4v) is 2.37. The molecule has 0 spiro atoms. The van der Waals surface area contributed by atoms with Gasteiger partial charge in [0.05, 0.1) is 12.8 Å². The molecular weight excluding hydrogens is 334 g/mol. The largest absolute Gasteiger partial charge is 0.507 e. The zero-order chi connectivity index (χ0) is 18.2. The Morgan fingerprint density at radius 1 is 1.24 bits per heavy atom. The molecule has 0 radical (unpaired) electrons. The van der Waals surface area contributed by atoms with Gasteiger partial charge in [-0.25, -0.2) is 0 Å². The highest BCUT2D eigenvalue weighted by Gasteiger charge is 2.03. The van der Waals surface area contributed by atoms with E-state index in [1.807, 2.05) is 32.9 Å². The molecule has 6 heteroatoms. The minimum absolute atomic E-state index is 0.104. The van der Waals surface area contributed by atoms with Crippen LogP contribution in [0.1, 0.15) is 30.0 Å². The van der Waals surface area contributed by atoms with E-state index in [0.717, 1.165) is 17.7 Å². The number of benzene rings is 2. The predicted octanol–water partition coefficient (Wildman–Crippen LogP) is 4.12. The Hall–Kier alpha value is -2.60. The van der Waals surface area contributed by atoms with Gasteiger partial charge in [0.2, 0.25) is 0 Å². The maximum Gasteiger partial charge on any atom is 0.191 e. The van der Waals surface area contributed by atoms with Crippen molar-refractivity contribution in [2.75, 3.05) is 11.9 Å². The van der Waals surface area contributed by atoms with Crippen molar-refractivity contribution in [3.63, 3.8) is 0 Å². The number of phenolic OH excluding ortho intramolecular Hbond substituents is 1. The lowest BCUT2D eigenvalue weighted by atomic mass is 10.1. The number of hydrazone groups is 1. The summed E-state index contributed by atoms with van der Waals surface area (Å²) in [6.07, 6.45) is 2.42. The minimum atomic E-state index is 0.104. The molecule has 2 aromatic rings. The molecule has 0 aliphatic carbocycles. The van der Waals surface area contributed by atoms with Crippen LogP contribution in [-0.2, 0) is 0 Å². The number of nitrogens with one attached hydrogen (secondary N) is 2. The quantitative estimate of drug-likeness (QED) is 0.412. The van der Waals surface area contributed by atoms with Gasteiger partial charge in [-0.3, -0.25) is 5.43 Å². The van der Waals surface area contributed by atoms with Gasteiger partial charge in [-0.05, 0) is 56.2 Å². The van der Waals surface area contributed by atoms with Crippen molar-refractivity contribution in [1.82, 2.24) is 5.43 Å². The summed E-state index contributed by atoms with van der Waals surface area (Å²) in [4.78, 5) is 0. The van der Waals surface area contributed by atoms with Gasteiger partial charge in [0, 0.05) is 17.3 Å². The van der Waals surface area contributed by atoms with Crippen molar-refractivity contribution in [1.29, 1.82) is 0 Å². The maximum absolute atomic E-state index is 10.0. The molecule has 5 nitrogen and oxygen atoms in total. The van der Waals surface area contributed by atoms with Gasteiger partial charge in [-0.1, -0.05) is 24.6 Å². The fraction of sp³-hybridized carbons (Fsp3) is 0.263. The van der Waals surface area contributed by atoms with E-state index < -0.39 is 0 Å². The number of phenols is 1. The Kier molecular flexibility index (Phi) is 6.77. The number of anilines is 1. The van der Waals surface area contributed by atoms with Crippen molar-refractivity contribution in [2.24, 2.45) is 5.10 Å². The summed E-state index contributed by atoms with van der Waals surface area (Å²) in [6, 6.07) is 11.2. The van der Waals surface area contributed by atoms with E-state index in [2.05, 4.69) is 21.9 Å². The van der Waals surface area contributed by atoms with E-state index in [-0.39, 0.29) is 5.75 Å². The van der Waals surface area contributed by atoms with Gasteiger partial charge >= 0.3 is 0 Å². The second kappa shape index (κ2) is 9.03. The molecule has 0 bridgehead atoms. The van der Waals surface area contributed by atoms with Crippen molar-refractivity contribution in [2.45, 2.75) is 27.2 Å². The third kappa shape index (κ3) is 5.76. The molecule has 0 atom stereocenters. The van der Waals surface area contributed by atoms with E-state index in [1.165, 1.54) is 11.8 Å². The summed E-state index contributed by atoms with van der Waals surface area (Å²) in [5.41, 5.74) is 6.55. The highest BCUT2D eigenvalue weighted by molar-refractivity contribution is 7.80. The van der Waals surface area contributed by atoms with E-state index in [4.69, 9.17) is 17.0 Å². The normalized spacial score (nSPS) is 10.7. The van der Waals surface area contributed by atoms with Gasteiger partial charge in [-0.2, -0.15) is 5.10 Å². The van der Waals surface area contributed by atoms with Crippen LogP contribution in [0, 0.1) is 13.8 Å². The Balaban J connectivity index is 1.92. The monoisotopic (exact) mass is 357 g/mol. The summed E-state index contributed by atoms with van der Waals surface area (Å²) in [6.45, 7) is 6.71. The Morgan fingerprint density at radius 3 is 2.72 bits per heavy atom. The second-order valence-electron chi connectivity index (χ2n) is 5.71. The average molecular weight is 357 g/mol. The molecule has 0 saturated carbocycles. The van der Waals surface area contributed by atoms with Crippen LogP contribution in [0.15, 0.2) is 41.5 Å². The van der Waals surface area contributed by atoms with Crippen LogP contribution in [0.3, 0.4) is 0 Å². The zero-order valence-electron chi connectivity index (χ0n) is 14.7. The van der Waals surface area contributed by atoms with E-state index in [0.29, 0.717) is 23.0 Å². The number of ether oxygens (including phenoxy) is 1. The number of aryl methyl sites for hydroxylation is 2. The molecule has 25 heavy (non-hydrogen) atoms. The Bertz CT molecular complexity index is 775. The third-order valence-electron chi connectivity index (χ3n) is 3.47. The molecule has 0 amide bonds. The molecule has 0 fully saturated rings. The Morgan fingerprint density at radius 2 is 2.04 bits per heavy atom. The van der Waals surface area contributed by atoms with Crippen molar-refractivity contribution in [3.8, 4) is 11.5 Å². The zero-order valence-corrected chi connectivity index (χ0v) is 15.5. The molecule has 2 aromatic carbocycles. The minimum Gasteiger partial charge on any atom is -0.507 e. The summed E-state index contributed by atoms with van der Waals surface area (Å²) < 4.78 is 5.47. The summed E-state index contributed by atoms with van der Waals surface area (Å²) in [5, 5.41) is 17.5. The van der Waals surface area contributed by atoms with Crippen LogP contribution < -0.4 is 15.5 Å². The first-order valence-corrected chi connectivity index (χ1v) is 8.53. The Labute approximate surface area is 153 Å². The molecule has 0 aliphatic heterocycles. The number of hydrogen-bond donors (Lipinski definition) is 3. The van der Waals surface area contributed by atoms with Crippen LogP contribution in [-0.4, -0.2) is 23.0 Å². The molecule has 0 saturated heterocycles. The summed E-state index contributed by atoms with van der Waals surface area (Å²) >= 11 is 5.23. The standard InChI is InChI=1S/C19H23N3O2S/c1-4-9-24-16-7-6-15(18(23)11-16)12-20-22-19(25)21-17-8-5-13(2)10-14(17)3/h5-8,10-12,23H,4,9H2,1-3H3,(H2,21,22,25)/b20-12+. The van der Waals surface area contributed by atoms with Gasteiger partial charge in [0.15, 0.2) is 5.11 Å². The van der Waals surface area contributed by atoms with Crippen molar-refractivity contribution in [3.05, 3.63) is 53.1 Å². The number of nitrogens with zero attached hydrogens (tertiary/aromatic N) is 1. The molecule has 0 heterocycles. The van der Waals surface area contributed by atoms with Crippen LogP contribution in [0.5, 0.6) is 11.5 Å². The maximum atomic E-state index is 10.0. The van der Waals surface area contributed by atoms with Crippen LogP contribution in [0.4, 0.5) is 5.69 Å². The molecule has 132 valence electrons. The molecule has 0 unspecified atom stereocenters. The van der Waals surface area contributed by atoms with Crippen LogP contribution >= 0.6 is 12.2 Å². The van der Waals surface area contributed by atoms with E-state index >= 15 is 0 Å². The number of rotatable bonds is 6. The number of thiocarbonyl (C=S) groups is 1. The lowest BCUT2D eigenvalue weighted by Gasteiger charge is -2.10. The van der Waals surface area contributed by atoms with E-state index in [9.17, 15) is 5.11 Å². The average Bonchev–Trinajstić information content (AvgIpc) is 2.57. The third-order valence-corrected chi connectivity index (χ3v) is 3.67. The van der Waals surface area contributed by atoms with Gasteiger partial charge in [0.1, 0.15) is 11.5 Å². The molecular formula is C19H23N3O2S. The summed E-state index contributed by atoms with van der Waals surface area (Å²) in [7, 11) is 0. The first kappa shape index (κ1) is 18.7. The van der Waals surface area contributed by atoms with Gasteiger partial charge < -0.3 is 15.2 Å². The van der Waals surface area contributed by atoms with E-state index in [1.54, 1.807) is 18.2 Å². The first-order chi connectivity index (χ1) is 12.0. The topological polar surface area (TPSA) is 65.9 Å². The predicted molar refractivity (Wildman–Crippen MR) is 107 cm³/mol. The lowest BCUT2D eigenvalue weighted by Crippen LogP contribution is -2.24. The fourth-order valence-electron chi connectivity index (χ4n) is 2.21. The smallest absolute Gasteiger partial charge is 0.191 e. The van der Waals surface area contributed by atoms with Crippen LogP contribution in [0.2, 0.25) is 0 Å². The summed E-state index contributed by atoms with van der Waals surface area (Å²) in [5.74, 6) is 0.740. The second-order valence-corrected chi connectivity index (χ2v) is 6.12. The van der Waals surface area contributed by atoms with Crippen molar-refractivity contribution < 1.29 is 9.84 Å². The highest BCUT2D eigenvalue weighted by atomic mass is 32.1. The number of hydrogen-bond acceptors (Lipinski definition) is 4. The highest BCUT2D eigenvalue weighted by Crippen LogP contribution is 2.22. The molecule has 0 aliphatic rings. The molecule has 0 aromatic heterocycles.